The summed E-state index contributed by atoms with van der Waals surface area (Å²) in [6, 6.07) is 5.78. The Balaban J connectivity index is 1.91. The number of likely N-dealkylation sites (tertiary alicyclic amines) is 1. The summed E-state index contributed by atoms with van der Waals surface area (Å²) in [5.41, 5.74) is 7.54. The van der Waals surface area contributed by atoms with Gasteiger partial charge in [0.2, 0.25) is 5.91 Å². The maximum Gasteiger partial charge on any atom is 0.238 e. The molecule has 1 unspecified atom stereocenters. The molecule has 2 rings (SSSR count). The number of carbonyl (C=O) groups is 1. The minimum atomic E-state index is -0.0464. The molecule has 18 heavy (non-hydrogen) atoms. The molecule has 1 aromatic rings. The quantitative estimate of drug-likeness (QED) is 0.875. The van der Waals surface area contributed by atoms with Gasteiger partial charge in [-0.15, -0.1) is 0 Å². The molecule has 98 valence electrons. The van der Waals surface area contributed by atoms with Crippen LogP contribution >= 0.6 is 11.6 Å². The second-order valence-electron chi connectivity index (χ2n) is 4.82. The molecule has 0 saturated carbocycles. The van der Waals surface area contributed by atoms with Crippen molar-refractivity contribution in [1.29, 1.82) is 0 Å². The lowest BCUT2D eigenvalue weighted by molar-refractivity contribution is -0.117. The molecule has 0 aromatic heterocycles. The maximum absolute atomic E-state index is 11.9. The molecule has 1 aliphatic heterocycles. The van der Waals surface area contributed by atoms with Gasteiger partial charge in [-0.05, 0) is 31.0 Å². The average Bonchev–Trinajstić information content (AvgIpc) is 2.68. The largest absolute Gasteiger partial charge is 0.326 e. The van der Waals surface area contributed by atoms with Crippen LogP contribution in [0.5, 0.6) is 0 Å². The third-order valence-electron chi connectivity index (χ3n) is 3.07. The Labute approximate surface area is 112 Å². The lowest BCUT2D eigenvalue weighted by atomic mass is 10.2. The molecule has 1 heterocycles. The van der Waals surface area contributed by atoms with Gasteiger partial charge in [0.1, 0.15) is 0 Å². The molecule has 1 atom stereocenters. The zero-order valence-corrected chi connectivity index (χ0v) is 11.2. The number of benzene rings is 1. The molecular weight excluding hydrogens is 250 g/mol. The van der Waals surface area contributed by atoms with Crippen LogP contribution in [0.3, 0.4) is 0 Å². The lowest BCUT2D eigenvalue weighted by Gasteiger charge is -2.15. The van der Waals surface area contributed by atoms with Crippen molar-refractivity contribution in [2.45, 2.75) is 19.4 Å². The Hall–Kier alpha value is -1.10. The van der Waals surface area contributed by atoms with Crippen molar-refractivity contribution in [3.63, 3.8) is 0 Å². The summed E-state index contributed by atoms with van der Waals surface area (Å²) in [5.74, 6) is -0.0464. The van der Waals surface area contributed by atoms with Gasteiger partial charge >= 0.3 is 0 Å². The van der Waals surface area contributed by atoms with Crippen molar-refractivity contribution in [2.75, 3.05) is 25.0 Å². The van der Waals surface area contributed by atoms with Gasteiger partial charge in [-0.3, -0.25) is 9.69 Å². The van der Waals surface area contributed by atoms with E-state index in [-0.39, 0.29) is 11.9 Å². The first-order chi connectivity index (χ1) is 8.54. The highest BCUT2D eigenvalue weighted by molar-refractivity contribution is 6.33. The molecule has 1 aromatic carbocycles. The smallest absolute Gasteiger partial charge is 0.238 e. The predicted octanol–water partition coefficient (Wildman–Crippen LogP) is 1.62. The van der Waals surface area contributed by atoms with Gasteiger partial charge in [-0.1, -0.05) is 17.7 Å². The highest BCUT2D eigenvalue weighted by atomic mass is 35.5. The summed E-state index contributed by atoms with van der Waals surface area (Å²) >= 11 is 6.07. The SMILES string of the molecule is Cc1ccc(NC(=O)CN2CCC(N)C2)c(Cl)c1. The maximum atomic E-state index is 11.9. The van der Waals surface area contributed by atoms with Crippen LogP contribution in [-0.2, 0) is 4.79 Å². The number of nitrogens with zero attached hydrogens (tertiary/aromatic N) is 1. The van der Waals surface area contributed by atoms with Gasteiger partial charge < -0.3 is 11.1 Å². The highest BCUT2D eigenvalue weighted by Crippen LogP contribution is 2.22. The van der Waals surface area contributed by atoms with E-state index in [1.165, 1.54) is 0 Å². The van der Waals surface area contributed by atoms with E-state index in [2.05, 4.69) is 10.2 Å². The molecule has 4 nitrogen and oxygen atoms in total. The number of rotatable bonds is 3. The lowest BCUT2D eigenvalue weighted by Crippen LogP contribution is -2.33. The number of aryl methyl sites for hydroxylation is 1. The second-order valence-corrected chi connectivity index (χ2v) is 5.22. The van der Waals surface area contributed by atoms with Crippen molar-refractivity contribution in [3.05, 3.63) is 28.8 Å². The Bertz CT molecular complexity index is 450. The topological polar surface area (TPSA) is 58.4 Å². The van der Waals surface area contributed by atoms with E-state index in [0.29, 0.717) is 17.3 Å². The van der Waals surface area contributed by atoms with Gasteiger partial charge in [-0.25, -0.2) is 0 Å². The Morgan fingerprint density at radius 3 is 3.00 bits per heavy atom. The number of hydrogen-bond acceptors (Lipinski definition) is 3. The van der Waals surface area contributed by atoms with Crippen LogP contribution in [0.25, 0.3) is 0 Å². The molecule has 3 N–H and O–H groups in total. The number of nitrogens with two attached hydrogens (primary N) is 1. The van der Waals surface area contributed by atoms with Crippen molar-refractivity contribution >= 4 is 23.2 Å². The number of amides is 1. The van der Waals surface area contributed by atoms with Gasteiger partial charge in [-0.2, -0.15) is 0 Å². The monoisotopic (exact) mass is 267 g/mol. The van der Waals surface area contributed by atoms with Gasteiger partial charge in [0.15, 0.2) is 0 Å². The summed E-state index contributed by atoms with van der Waals surface area (Å²) in [4.78, 5) is 13.9. The van der Waals surface area contributed by atoms with Crippen LogP contribution in [-0.4, -0.2) is 36.5 Å². The number of anilines is 1. The van der Waals surface area contributed by atoms with E-state index < -0.39 is 0 Å². The minimum Gasteiger partial charge on any atom is -0.326 e. The second kappa shape index (κ2) is 5.69. The summed E-state index contributed by atoms with van der Waals surface area (Å²) in [5, 5.41) is 3.40. The number of halogens is 1. The Kier molecular flexibility index (Phi) is 4.22. The van der Waals surface area contributed by atoms with Crippen LogP contribution < -0.4 is 11.1 Å². The predicted molar refractivity (Wildman–Crippen MR) is 73.9 cm³/mol. The van der Waals surface area contributed by atoms with E-state index in [4.69, 9.17) is 17.3 Å². The van der Waals surface area contributed by atoms with Gasteiger partial charge in [0.05, 0.1) is 17.3 Å². The summed E-state index contributed by atoms with van der Waals surface area (Å²) in [7, 11) is 0. The zero-order chi connectivity index (χ0) is 13.1. The van der Waals surface area contributed by atoms with E-state index in [9.17, 15) is 4.79 Å². The molecule has 0 aliphatic carbocycles. The van der Waals surface area contributed by atoms with E-state index in [0.717, 1.165) is 25.1 Å². The third-order valence-corrected chi connectivity index (χ3v) is 3.39. The molecule has 0 radical (unpaired) electrons. The standard InChI is InChI=1S/C13H18ClN3O/c1-9-2-3-12(11(14)6-9)16-13(18)8-17-5-4-10(15)7-17/h2-3,6,10H,4-5,7-8,15H2,1H3,(H,16,18). The molecule has 0 bridgehead atoms. The minimum absolute atomic E-state index is 0.0464. The molecule has 0 spiro atoms. The van der Waals surface area contributed by atoms with Crippen LogP contribution in [0.15, 0.2) is 18.2 Å². The number of nitrogens with one attached hydrogen (secondary N) is 1. The fourth-order valence-corrected chi connectivity index (χ4v) is 2.40. The number of carbonyl (C=O) groups excluding carboxylic acids is 1. The first kappa shape index (κ1) is 13.3. The van der Waals surface area contributed by atoms with Crippen LogP contribution in [0.1, 0.15) is 12.0 Å². The zero-order valence-electron chi connectivity index (χ0n) is 10.4. The fourth-order valence-electron chi connectivity index (χ4n) is 2.12. The van der Waals surface area contributed by atoms with Gasteiger partial charge in [0.25, 0.3) is 0 Å². The van der Waals surface area contributed by atoms with Crippen molar-refractivity contribution in [2.24, 2.45) is 5.73 Å². The van der Waals surface area contributed by atoms with Crippen LogP contribution in [0.2, 0.25) is 5.02 Å². The molecular formula is C13H18ClN3O. The number of hydrogen-bond donors (Lipinski definition) is 2. The van der Waals surface area contributed by atoms with Crippen molar-refractivity contribution < 1.29 is 4.79 Å². The molecule has 5 heteroatoms. The molecule has 1 fully saturated rings. The summed E-state index contributed by atoms with van der Waals surface area (Å²) in [6.45, 7) is 4.01. The van der Waals surface area contributed by atoms with Gasteiger partial charge in [0, 0.05) is 19.1 Å². The normalized spacial score (nSPS) is 20.1. The average molecular weight is 268 g/mol. The van der Waals surface area contributed by atoms with E-state index in [1.807, 2.05) is 25.1 Å². The van der Waals surface area contributed by atoms with Crippen molar-refractivity contribution in [3.8, 4) is 0 Å². The molecule has 1 saturated heterocycles. The molecule has 1 aliphatic rings. The summed E-state index contributed by atoms with van der Waals surface area (Å²) < 4.78 is 0. The van der Waals surface area contributed by atoms with E-state index >= 15 is 0 Å². The highest BCUT2D eigenvalue weighted by Gasteiger charge is 2.21. The van der Waals surface area contributed by atoms with Crippen LogP contribution in [0.4, 0.5) is 5.69 Å². The third kappa shape index (κ3) is 3.45. The fraction of sp³-hybridized carbons (Fsp3) is 0.462. The first-order valence-corrected chi connectivity index (χ1v) is 6.46. The Morgan fingerprint density at radius 1 is 1.61 bits per heavy atom. The van der Waals surface area contributed by atoms with E-state index in [1.54, 1.807) is 0 Å². The molecule has 1 amide bonds. The van der Waals surface area contributed by atoms with Crippen LogP contribution in [0, 0.1) is 6.92 Å². The first-order valence-electron chi connectivity index (χ1n) is 6.08. The summed E-state index contributed by atoms with van der Waals surface area (Å²) in [6.07, 6.45) is 0.957. The van der Waals surface area contributed by atoms with Crippen molar-refractivity contribution in [1.82, 2.24) is 4.90 Å². The Morgan fingerprint density at radius 2 is 2.39 bits per heavy atom.